The highest BCUT2D eigenvalue weighted by Crippen LogP contribution is 2.28. The Morgan fingerprint density at radius 2 is 2.10 bits per heavy atom. The molecule has 2 saturated heterocycles. The van der Waals surface area contributed by atoms with Gasteiger partial charge in [-0.2, -0.15) is 0 Å². The van der Waals surface area contributed by atoms with E-state index < -0.39 is 5.82 Å². The molecule has 1 aromatic rings. The molecule has 3 nitrogen and oxygen atoms in total. The van der Waals surface area contributed by atoms with Crippen LogP contribution in [0.5, 0.6) is 0 Å². The van der Waals surface area contributed by atoms with Gasteiger partial charge in [0.15, 0.2) is 0 Å². The number of likely N-dealkylation sites (tertiary alicyclic amines) is 1. The third kappa shape index (κ3) is 3.00. The molecule has 0 saturated carbocycles. The van der Waals surface area contributed by atoms with Gasteiger partial charge in [0.05, 0.1) is 5.56 Å². The average Bonchev–Trinajstić information content (AvgIpc) is 2.88. The van der Waals surface area contributed by atoms with Crippen LogP contribution in [0.25, 0.3) is 0 Å². The molecule has 2 aliphatic heterocycles. The van der Waals surface area contributed by atoms with Gasteiger partial charge < -0.3 is 10.2 Å². The second-order valence-electron chi connectivity index (χ2n) is 5.34. The predicted octanol–water partition coefficient (Wildman–Crippen LogP) is 2.69. The van der Waals surface area contributed by atoms with Crippen LogP contribution >= 0.6 is 28.3 Å². The Bertz CT molecular complexity index is 514. The number of hydrogen-bond donors (Lipinski definition) is 1. The number of benzene rings is 1. The number of carbonyl (C=O) groups excluding carboxylic acids is 1. The molecule has 0 aliphatic carbocycles. The zero-order chi connectivity index (χ0) is 13.4. The third-order valence-electron chi connectivity index (χ3n) is 4.15. The lowest BCUT2D eigenvalue weighted by atomic mass is 9.88. The van der Waals surface area contributed by atoms with E-state index in [0.29, 0.717) is 11.8 Å². The molecular formula is C14H17BrClFN2O. The molecule has 2 unspecified atom stereocenters. The van der Waals surface area contributed by atoms with Crippen LogP contribution in [0.4, 0.5) is 4.39 Å². The Labute approximate surface area is 132 Å². The number of amides is 1. The summed E-state index contributed by atoms with van der Waals surface area (Å²) in [6, 6.07) is 4.51. The minimum Gasteiger partial charge on any atom is -0.338 e. The second kappa shape index (κ2) is 6.41. The first-order valence-electron chi connectivity index (χ1n) is 6.60. The lowest BCUT2D eigenvalue weighted by molar-refractivity contribution is 0.0637. The minimum absolute atomic E-state index is 0. The van der Waals surface area contributed by atoms with E-state index in [1.54, 1.807) is 17.0 Å². The van der Waals surface area contributed by atoms with Gasteiger partial charge in [0, 0.05) is 17.6 Å². The molecule has 2 heterocycles. The van der Waals surface area contributed by atoms with E-state index >= 15 is 0 Å². The van der Waals surface area contributed by atoms with E-state index in [0.717, 1.165) is 37.1 Å². The molecule has 2 aliphatic rings. The summed E-state index contributed by atoms with van der Waals surface area (Å²) >= 11 is 3.29. The minimum atomic E-state index is -0.445. The maximum atomic E-state index is 13.8. The Hall–Kier alpha value is -0.650. The van der Waals surface area contributed by atoms with Gasteiger partial charge in [0.2, 0.25) is 0 Å². The highest BCUT2D eigenvalue weighted by molar-refractivity contribution is 9.10. The zero-order valence-electron chi connectivity index (χ0n) is 10.9. The van der Waals surface area contributed by atoms with Crippen molar-refractivity contribution >= 4 is 34.2 Å². The number of carbonyl (C=O) groups is 1. The summed E-state index contributed by atoms with van der Waals surface area (Å²) in [5.74, 6) is 0.563. The molecule has 20 heavy (non-hydrogen) atoms. The van der Waals surface area contributed by atoms with E-state index in [4.69, 9.17) is 0 Å². The average molecular weight is 364 g/mol. The van der Waals surface area contributed by atoms with Gasteiger partial charge in [-0.1, -0.05) is 15.9 Å². The summed E-state index contributed by atoms with van der Waals surface area (Å²) < 4.78 is 14.5. The normalized spacial score (nSPS) is 25.0. The molecule has 1 aromatic carbocycles. The molecular weight excluding hydrogens is 347 g/mol. The van der Waals surface area contributed by atoms with Gasteiger partial charge in [-0.05, 0) is 49.5 Å². The third-order valence-corrected chi connectivity index (χ3v) is 4.64. The van der Waals surface area contributed by atoms with E-state index in [-0.39, 0.29) is 23.9 Å². The van der Waals surface area contributed by atoms with Gasteiger partial charge in [-0.15, -0.1) is 12.4 Å². The standard InChI is InChI=1S/C14H16BrFN2O.ClH/c15-11-1-2-13(16)12(5-11)14(19)18-4-3-9-6-17-7-10(9)8-18;/h1-2,5,9-10,17H,3-4,6-8H2;1H. The van der Waals surface area contributed by atoms with Crippen LogP contribution in [-0.4, -0.2) is 37.0 Å². The molecule has 1 amide bonds. The lowest BCUT2D eigenvalue weighted by Gasteiger charge is -2.34. The Morgan fingerprint density at radius 1 is 1.35 bits per heavy atom. The predicted molar refractivity (Wildman–Crippen MR) is 81.7 cm³/mol. The fraction of sp³-hybridized carbons (Fsp3) is 0.500. The maximum Gasteiger partial charge on any atom is 0.256 e. The van der Waals surface area contributed by atoms with Crippen LogP contribution in [0.2, 0.25) is 0 Å². The van der Waals surface area contributed by atoms with Crippen LogP contribution in [-0.2, 0) is 0 Å². The Balaban J connectivity index is 0.00000147. The Kier molecular flexibility index (Phi) is 5.04. The lowest BCUT2D eigenvalue weighted by Crippen LogP contribution is -2.43. The fourth-order valence-corrected chi connectivity index (χ4v) is 3.41. The molecule has 0 aromatic heterocycles. The molecule has 2 atom stereocenters. The van der Waals surface area contributed by atoms with Crippen LogP contribution < -0.4 is 5.32 Å². The first-order valence-corrected chi connectivity index (χ1v) is 7.39. The molecule has 1 N–H and O–H groups in total. The van der Waals surface area contributed by atoms with Crippen LogP contribution in [0, 0.1) is 17.7 Å². The van der Waals surface area contributed by atoms with Gasteiger partial charge in [-0.3, -0.25) is 4.79 Å². The van der Waals surface area contributed by atoms with Crippen LogP contribution in [0.3, 0.4) is 0 Å². The SMILES string of the molecule is Cl.O=C(c1cc(Br)ccc1F)N1CCC2CNCC2C1. The number of fused-ring (bicyclic) bond motifs is 1. The van der Waals surface area contributed by atoms with Gasteiger partial charge >= 0.3 is 0 Å². The van der Waals surface area contributed by atoms with Crippen molar-refractivity contribution in [3.05, 3.63) is 34.1 Å². The summed E-state index contributed by atoms with van der Waals surface area (Å²) in [6.07, 6.45) is 1.01. The number of halogens is 3. The summed E-state index contributed by atoms with van der Waals surface area (Å²) in [6.45, 7) is 3.49. The number of piperidine rings is 1. The monoisotopic (exact) mass is 362 g/mol. The fourth-order valence-electron chi connectivity index (χ4n) is 3.05. The maximum absolute atomic E-state index is 13.8. The summed E-state index contributed by atoms with van der Waals surface area (Å²) in [5.41, 5.74) is 0.166. The van der Waals surface area contributed by atoms with Crippen molar-refractivity contribution in [2.75, 3.05) is 26.2 Å². The second-order valence-corrected chi connectivity index (χ2v) is 6.26. The molecule has 3 rings (SSSR count). The number of nitrogens with zero attached hydrogens (tertiary/aromatic N) is 1. The van der Waals surface area contributed by atoms with E-state index in [2.05, 4.69) is 21.2 Å². The van der Waals surface area contributed by atoms with E-state index in [1.807, 2.05) is 0 Å². The van der Waals surface area contributed by atoms with Crippen molar-refractivity contribution in [2.24, 2.45) is 11.8 Å². The van der Waals surface area contributed by atoms with Crippen LogP contribution in [0.15, 0.2) is 22.7 Å². The molecule has 0 bridgehead atoms. The summed E-state index contributed by atoms with van der Waals surface area (Å²) in [7, 11) is 0. The smallest absolute Gasteiger partial charge is 0.256 e. The molecule has 0 spiro atoms. The van der Waals surface area contributed by atoms with Gasteiger partial charge in [-0.25, -0.2) is 4.39 Å². The van der Waals surface area contributed by atoms with Crippen molar-refractivity contribution in [3.63, 3.8) is 0 Å². The van der Waals surface area contributed by atoms with Gasteiger partial charge in [0.25, 0.3) is 5.91 Å². The van der Waals surface area contributed by atoms with Crippen molar-refractivity contribution in [2.45, 2.75) is 6.42 Å². The van der Waals surface area contributed by atoms with Crippen molar-refractivity contribution in [1.82, 2.24) is 10.2 Å². The number of hydrogen-bond acceptors (Lipinski definition) is 2. The van der Waals surface area contributed by atoms with E-state index in [9.17, 15) is 9.18 Å². The highest BCUT2D eigenvalue weighted by Gasteiger charge is 2.35. The first-order chi connectivity index (χ1) is 9.15. The summed E-state index contributed by atoms with van der Waals surface area (Å²) in [5, 5.41) is 3.36. The topological polar surface area (TPSA) is 32.3 Å². The van der Waals surface area contributed by atoms with Crippen molar-refractivity contribution in [3.8, 4) is 0 Å². The largest absolute Gasteiger partial charge is 0.338 e. The Morgan fingerprint density at radius 3 is 2.90 bits per heavy atom. The molecule has 110 valence electrons. The van der Waals surface area contributed by atoms with Gasteiger partial charge in [0.1, 0.15) is 5.82 Å². The van der Waals surface area contributed by atoms with Crippen molar-refractivity contribution < 1.29 is 9.18 Å². The summed E-state index contributed by atoms with van der Waals surface area (Å²) in [4.78, 5) is 14.2. The van der Waals surface area contributed by atoms with Crippen molar-refractivity contribution in [1.29, 1.82) is 0 Å². The van der Waals surface area contributed by atoms with Crippen LogP contribution in [0.1, 0.15) is 16.8 Å². The molecule has 0 radical (unpaired) electrons. The number of rotatable bonds is 1. The molecule has 2 fully saturated rings. The quantitative estimate of drug-likeness (QED) is 0.832. The zero-order valence-corrected chi connectivity index (χ0v) is 13.3. The number of nitrogens with one attached hydrogen (secondary N) is 1. The highest BCUT2D eigenvalue weighted by atomic mass is 79.9. The molecule has 6 heteroatoms. The first kappa shape index (κ1) is 15.7. The van der Waals surface area contributed by atoms with E-state index in [1.165, 1.54) is 6.07 Å².